The van der Waals surface area contributed by atoms with E-state index in [1.807, 2.05) is 0 Å². The molecule has 0 saturated carbocycles. The number of benzene rings is 1. The van der Waals surface area contributed by atoms with Crippen LogP contribution in [0.15, 0.2) is 12.1 Å². The van der Waals surface area contributed by atoms with Crippen molar-refractivity contribution in [3.8, 4) is 0 Å². The van der Waals surface area contributed by atoms with Crippen LogP contribution in [-0.2, 0) is 4.79 Å². The van der Waals surface area contributed by atoms with E-state index in [-0.39, 0.29) is 17.6 Å². The number of carbonyl (C=O) groups is 1. The molecule has 1 amide bonds. The highest BCUT2D eigenvalue weighted by Crippen LogP contribution is 2.26. The van der Waals surface area contributed by atoms with E-state index >= 15 is 0 Å². The van der Waals surface area contributed by atoms with Gasteiger partial charge in [-0.05, 0) is 44.9 Å². The summed E-state index contributed by atoms with van der Waals surface area (Å²) in [5.41, 5.74) is 1.97. The Morgan fingerprint density at radius 1 is 1.35 bits per heavy atom. The molecule has 1 aliphatic heterocycles. The van der Waals surface area contributed by atoms with Crippen molar-refractivity contribution in [1.29, 1.82) is 0 Å². The second kappa shape index (κ2) is 6.00. The van der Waals surface area contributed by atoms with Gasteiger partial charge in [-0.2, -0.15) is 0 Å². The third kappa shape index (κ3) is 3.14. The first kappa shape index (κ1) is 14.5. The molecule has 1 atom stereocenters. The lowest BCUT2D eigenvalue weighted by Gasteiger charge is -2.23. The van der Waals surface area contributed by atoms with Gasteiger partial charge in [0.1, 0.15) is 0 Å². The van der Waals surface area contributed by atoms with Gasteiger partial charge in [-0.3, -0.25) is 14.9 Å². The first-order chi connectivity index (χ1) is 9.49. The predicted molar refractivity (Wildman–Crippen MR) is 76.8 cm³/mol. The molecule has 0 aliphatic carbocycles. The highest BCUT2D eigenvalue weighted by molar-refractivity contribution is 5.95. The number of nitrogens with zero attached hydrogens (tertiary/aromatic N) is 1. The zero-order valence-corrected chi connectivity index (χ0v) is 11.7. The molecule has 1 aromatic carbocycles. The van der Waals surface area contributed by atoms with E-state index in [9.17, 15) is 14.9 Å². The van der Waals surface area contributed by atoms with Gasteiger partial charge in [0.2, 0.25) is 5.91 Å². The first-order valence-electron chi connectivity index (χ1n) is 6.79. The Morgan fingerprint density at radius 2 is 2.10 bits per heavy atom. The normalized spacial score (nSPS) is 18.6. The van der Waals surface area contributed by atoms with Crippen molar-refractivity contribution >= 4 is 17.3 Å². The molecule has 0 bridgehead atoms. The van der Waals surface area contributed by atoms with E-state index in [2.05, 4.69) is 10.6 Å². The van der Waals surface area contributed by atoms with Gasteiger partial charge in [-0.25, -0.2) is 0 Å². The minimum atomic E-state index is -0.406. The fraction of sp³-hybridized carbons (Fsp3) is 0.500. The lowest BCUT2D eigenvalue weighted by atomic mass is 10.0. The number of piperidine rings is 1. The number of hydrogen-bond donors (Lipinski definition) is 2. The first-order valence-corrected chi connectivity index (χ1v) is 6.79. The van der Waals surface area contributed by atoms with E-state index in [0.717, 1.165) is 25.8 Å². The van der Waals surface area contributed by atoms with Crippen LogP contribution in [0.3, 0.4) is 0 Å². The van der Waals surface area contributed by atoms with E-state index in [1.165, 1.54) is 6.07 Å². The Bertz CT molecular complexity index is 537. The molecule has 1 aliphatic rings. The van der Waals surface area contributed by atoms with Gasteiger partial charge >= 0.3 is 0 Å². The molecule has 0 radical (unpaired) electrons. The van der Waals surface area contributed by atoms with Crippen molar-refractivity contribution in [3.05, 3.63) is 33.4 Å². The number of amides is 1. The Labute approximate surface area is 117 Å². The maximum Gasteiger partial charge on any atom is 0.272 e. The van der Waals surface area contributed by atoms with Crippen LogP contribution in [0.1, 0.15) is 30.4 Å². The summed E-state index contributed by atoms with van der Waals surface area (Å²) in [6, 6.07) is 2.99. The lowest BCUT2D eigenvalue weighted by molar-refractivity contribution is -0.385. The van der Waals surface area contributed by atoms with Crippen LogP contribution >= 0.6 is 0 Å². The summed E-state index contributed by atoms with van der Waals surface area (Å²) in [7, 11) is 0. The largest absolute Gasteiger partial charge is 0.324 e. The van der Waals surface area contributed by atoms with E-state index in [0.29, 0.717) is 16.8 Å². The van der Waals surface area contributed by atoms with E-state index in [1.54, 1.807) is 19.9 Å². The zero-order chi connectivity index (χ0) is 14.7. The Hall–Kier alpha value is -1.95. The van der Waals surface area contributed by atoms with Gasteiger partial charge in [-0.15, -0.1) is 0 Å². The van der Waals surface area contributed by atoms with Crippen LogP contribution in [0.2, 0.25) is 0 Å². The Balaban J connectivity index is 2.15. The average molecular weight is 277 g/mol. The van der Waals surface area contributed by atoms with Gasteiger partial charge < -0.3 is 10.6 Å². The number of carbonyl (C=O) groups excluding carboxylic acids is 1. The topological polar surface area (TPSA) is 84.3 Å². The fourth-order valence-electron chi connectivity index (χ4n) is 2.43. The average Bonchev–Trinajstić information content (AvgIpc) is 2.43. The van der Waals surface area contributed by atoms with Crippen LogP contribution in [0.25, 0.3) is 0 Å². The van der Waals surface area contributed by atoms with Crippen molar-refractivity contribution in [2.24, 2.45) is 0 Å². The molecule has 1 unspecified atom stereocenters. The summed E-state index contributed by atoms with van der Waals surface area (Å²) >= 11 is 0. The summed E-state index contributed by atoms with van der Waals surface area (Å²) in [6.07, 6.45) is 2.97. The maximum absolute atomic E-state index is 12.1. The molecule has 1 saturated heterocycles. The van der Waals surface area contributed by atoms with Crippen molar-refractivity contribution in [3.63, 3.8) is 0 Å². The van der Waals surface area contributed by atoms with Crippen molar-refractivity contribution in [2.75, 3.05) is 11.9 Å². The summed E-state index contributed by atoms with van der Waals surface area (Å²) in [4.78, 5) is 22.6. The summed E-state index contributed by atoms with van der Waals surface area (Å²) in [6.45, 7) is 4.29. The number of rotatable bonds is 3. The van der Waals surface area contributed by atoms with Crippen LogP contribution in [0.5, 0.6) is 0 Å². The highest BCUT2D eigenvalue weighted by Gasteiger charge is 2.22. The molecule has 6 nitrogen and oxygen atoms in total. The number of hydrogen-bond acceptors (Lipinski definition) is 4. The second-order valence-electron chi connectivity index (χ2n) is 5.20. The number of aryl methyl sites for hydroxylation is 2. The molecule has 20 heavy (non-hydrogen) atoms. The molecule has 1 fully saturated rings. The van der Waals surface area contributed by atoms with Crippen LogP contribution in [0, 0.1) is 24.0 Å². The van der Waals surface area contributed by atoms with Crippen LogP contribution < -0.4 is 10.6 Å². The highest BCUT2D eigenvalue weighted by atomic mass is 16.6. The number of nitro groups is 1. The summed E-state index contributed by atoms with van der Waals surface area (Å²) in [5, 5.41) is 16.9. The Kier molecular flexibility index (Phi) is 4.34. The Morgan fingerprint density at radius 3 is 2.70 bits per heavy atom. The van der Waals surface area contributed by atoms with Crippen molar-refractivity contribution in [2.45, 2.75) is 39.2 Å². The minimum Gasteiger partial charge on any atom is -0.324 e. The standard InChI is InChI=1S/C14H19N3O3/c1-9-8-13(17(19)20)10(2)7-12(9)16-14(18)11-5-3-4-6-15-11/h7-8,11,15H,3-6H2,1-2H3,(H,16,18). The molecule has 6 heteroatoms. The third-order valence-electron chi connectivity index (χ3n) is 3.62. The molecule has 1 heterocycles. The molecular formula is C14H19N3O3. The van der Waals surface area contributed by atoms with E-state index < -0.39 is 4.92 Å². The number of nitro benzene ring substituents is 1. The molecule has 1 aromatic rings. The SMILES string of the molecule is Cc1cc([N+](=O)[O-])c(C)cc1NC(=O)C1CCCCN1. The molecular weight excluding hydrogens is 258 g/mol. The second-order valence-corrected chi connectivity index (χ2v) is 5.20. The molecule has 2 N–H and O–H groups in total. The lowest BCUT2D eigenvalue weighted by Crippen LogP contribution is -2.43. The summed E-state index contributed by atoms with van der Waals surface area (Å²) < 4.78 is 0. The minimum absolute atomic E-state index is 0.0685. The fourth-order valence-corrected chi connectivity index (χ4v) is 2.43. The van der Waals surface area contributed by atoms with Crippen LogP contribution in [0.4, 0.5) is 11.4 Å². The zero-order valence-electron chi connectivity index (χ0n) is 11.7. The van der Waals surface area contributed by atoms with Crippen molar-refractivity contribution in [1.82, 2.24) is 5.32 Å². The van der Waals surface area contributed by atoms with Crippen LogP contribution in [-0.4, -0.2) is 23.4 Å². The quantitative estimate of drug-likeness (QED) is 0.655. The molecule has 108 valence electrons. The predicted octanol–water partition coefficient (Wildman–Crippen LogP) is 2.29. The third-order valence-corrected chi connectivity index (χ3v) is 3.62. The molecule has 0 spiro atoms. The van der Waals surface area contributed by atoms with Gasteiger partial charge in [0.25, 0.3) is 5.69 Å². The number of anilines is 1. The van der Waals surface area contributed by atoms with E-state index in [4.69, 9.17) is 0 Å². The smallest absolute Gasteiger partial charge is 0.272 e. The van der Waals surface area contributed by atoms with Gasteiger partial charge in [0.05, 0.1) is 11.0 Å². The van der Waals surface area contributed by atoms with Gasteiger partial charge in [0.15, 0.2) is 0 Å². The molecule has 2 rings (SSSR count). The maximum atomic E-state index is 12.1. The monoisotopic (exact) mass is 277 g/mol. The van der Waals surface area contributed by atoms with Gasteiger partial charge in [-0.1, -0.05) is 6.42 Å². The van der Waals surface area contributed by atoms with Crippen molar-refractivity contribution < 1.29 is 9.72 Å². The van der Waals surface area contributed by atoms with Gasteiger partial charge in [0, 0.05) is 17.3 Å². The summed E-state index contributed by atoms with van der Waals surface area (Å²) in [5.74, 6) is -0.0685. The molecule has 0 aromatic heterocycles. The number of nitrogens with one attached hydrogen (secondary N) is 2.